The van der Waals surface area contributed by atoms with E-state index in [2.05, 4.69) is 74.7 Å². The highest BCUT2D eigenvalue weighted by Gasteiger charge is 2.47. The van der Waals surface area contributed by atoms with Gasteiger partial charge in [-0.3, -0.25) is 9.59 Å². The van der Waals surface area contributed by atoms with E-state index in [1.807, 2.05) is 6.08 Å². The molecule has 11 heteroatoms. The van der Waals surface area contributed by atoms with Crippen molar-refractivity contribution in [2.75, 3.05) is 13.2 Å². The number of nitrogens with one attached hydrogen (secondary N) is 1. The van der Waals surface area contributed by atoms with Crippen molar-refractivity contribution in [3.63, 3.8) is 0 Å². The number of aliphatic hydroxyl groups excluding tert-OH is 5. The Morgan fingerprint density at radius 3 is 1.51 bits per heavy atom. The number of amides is 1. The third kappa shape index (κ3) is 38.5. The van der Waals surface area contributed by atoms with Crippen LogP contribution in [0.25, 0.3) is 0 Å². The van der Waals surface area contributed by atoms with Crippen LogP contribution in [0.5, 0.6) is 0 Å². The molecule has 1 aliphatic heterocycles. The first-order valence-corrected chi connectivity index (χ1v) is 30.1. The van der Waals surface area contributed by atoms with Crippen LogP contribution in [0.2, 0.25) is 0 Å². The van der Waals surface area contributed by atoms with Crippen molar-refractivity contribution in [3.05, 3.63) is 60.8 Å². The summed E-state index contributed by atoms with van der Waals surface area (Å²) in [6, 6.07) is -1.03. The molecule has 1 aliphatic rings. The standard InChI is InChI=1S/C62H111NO10/c1-4-7-10-13-16-19-22-25-27-29-31-34-37-40-43-46-49-55(66)61(70)63-53(54(65)48-45-42-39-36-33-30-24-21-18-15-12-9-6-3)52-71-62-60(59(69)58(68)56(51-64)72-62)73-57(67)50-47-44-41-38-35-32-28-26-23-20-17-14-11-8-5-2/h16-17,19-20,23,25-27,45,48,53-56,58-60,62,64-66,68-69H,4-15,18,21-22,24,28-44,46-47,49-52H2,1-3H3,(H,63,70)/b19-16-,20-17+,26-23+,27-25-,48-45+. The van der Waals surface area contributed by atoms with Crippen molar-refractivity contribution < 1.29 is 49.3 Å². The zero-order chi connectivity index (χ0) is 53.3. The molecule has 0 bridgehead atoms. The molecule has 1 amide bonds. The molecule has 0 spiro atoms. The van der Waals surface area contributed by atoms with Gasteiger partial charge in [0.1, 0.15) is 24.4 Å². The Morgan fingerprint density at radius 1 is 0.548 bits per heavy atom. The lowest BCUT2D eigenvalue weighted by molar-refractivity contribution is -0.305. The van der Waals surface area contributed by atoms with Crippen molar-refractivity contribution in [2.45, 2.75) is 307 Å². The Balaban J connectivity index is 2.74. The van der Waals surface area contributed by atoms with Gasteiger partial charge in [0, 0.05) is 6.42 Å². The number of hydrogen-bond acceptors (Lipinski definition) is 10. The molecule has 0 aromatic heterocycles. The normalized spacial score (nSPS) is 19.8. The molecular weight excluding hydrogens is 919 g/mol. The summed E-state index contributed by atoms with van der Waals surface area (Å²) in [4.78, 5) is 26.5. The van der Waals surface area contributed by atoms with Gasteiger partial charge in [0.05, 0.1) is 25.4 Å². The topological polar surface area (TPSA) is 175 Å². The molecule has 0 aliphatic carbocycles. The molecule has 6 N–H and O–H groups in total. The van der Waals surface area contributed by atoms with E-state index in [1.54, 1.807) is 6.08 Å². The summed E-state index contributed by atoms with van der Waals surface area (Å²) in [6.07, 6.45) is 51.0. The predicted molar refractivity (Wildman–Crippen MR) is 301 cm³/mol. The van der Waals surface area contributed by atoms with Gasteiger partial charge in [0.25, 0.3) is 0 Å². The van der Waals surface area contributed by atoms with Crippen LogP contribution in [-0.4, -0.2) is 99.6 Å². The van der Waals surface area contributed by atoms with Crippen molar-refractivity contribution in [1.29, 1.82) is 0 Å². The summed E-state index contributed by atoms with van der Waals surface area (Å²) in [7, 11) is 0. The second kappa shape index (κ2) is 50.2. The van der Waals surface area contributed by atoms with Gasteiger partial charge in [-0.25, -0.2) is 0 Å². The third-order valence-corrected chi connectivity index (χ3v) is 13.9. The monoisotopic (exact) mass is 1030 g/mol. The van der Waals surface area contributed by atoms with Gasteiger partial charge in [0.15, 0.2) is 12.4 Å². The van der Waals surface area contributed by atoms with E-state index in [0.717, 1.165) is 109 Å². The average Bonchev–Trinajstić information content (AvgIpc) is 3.39. The minimum atomic E-state index is -1.62. The van der Waals surface area contributed by atoms with E-state index < -0.39 is 67.4 Å². The number of rotatable bonds is 50. The van der Waals surface area contributed by atoms with Crippen LogP contribution < -0.4 is 5.32 Å². The molecule has 0 radical (unpaired) electrons. The summed E-state index contributed by atoms with van der Waals surface area (Å²) < 4.78 is 17.6. The summed E-state index contributed by atoms with van der Waals surface area (Å²) >= 11 is 0. The number of unbranched alkanes of at least 4 members (excludes halogenated alkanes) is 29. The van der Waals surface area contributed by atoms with Crippen molar-refractivity contribution in [2.24, 2.45) is 0 Å². The number of ether oxygens (including phenoxy) is 3. The molecule has 1 saturated heterocycles. The van der Waals surface area contributed by atoms with Crippen LogP contribution in [-0.2, 0) is 23.8 Å². The molecule has 1 heterocycles. The highest BCUT2D eigenvalue weighted by Crippen LogP contribution is 2.26. The number of allylic oxidation sites excluding steroid dienone is 9. The van der Waals surface area contributed by atoms with E-state index in [-0.39, 0.29) is 19.4 Å². The highest BCUT2D eigenvalue weighted by molar-refractivity contribution is 5.80. The van der Waals surface area contributed by atoms with Gasteiger partial charge >= 0.3 is 5.97 Å². The zero-order valence-corrected chi connectivity index (χ0v) is 46.7. The van der Waals surface area contributed by atoms with Crippen LogP contribution in [0.15, 0.2) is 60.8 Å². The van der Waals surface area contributed by atoms with Gasteiger partial charge in [-0.2, -0.15) is 0 Å². The van der Waals surface area contributed by atoms with Crippen LogP contribution in [0.4, 0.5) is 0 Å². The largest absolute Gasteiger partial charge is 0.454 e. The quantitative estimate of drug-likeness (QED) is 0.0149. The second-order valence-corrected chi connectivity index (χ2v) is 20.8. The van der Waals surface area contributed by atoms with Crippen LogP contribution in [0, 0.1) is 0 Å². The van der Waals surface area contributed by atoms with Gasteiger partial charge in [0.2, 0.25) is 5.91 Å². The summed E-state index contributed by atoms with van der Waals surface area (Å²) in [6.45, 7) is 5.72. The maximum absolute atomic E-state index is 13.4. The predicted octanol–water partition coefficient (Wildman–Crippen LogP) is 13.8. The molecule has 0 aromatic rings. The summed E-state index contributed by atoms with van der Waals surface area (Å²) in [5.41, 5.74) is 0. The van der Waals surface area contributed by atoms with E-state index in [9.17, 15) is 35.1 Å². The fourth-order valence-electron chi connectivity index (χ4n) is 9.08. The number of carbonyl (C=O) groups excluding carboxylic acids is 2. The van der Waals surface area contributed by atoms with Crippen molar-refractivity contribution in [1.82, 2.24) is 5.32 Å². The Morgan fingerprint density at radius 2 is 0.986 bits per heavy atom. The number of hydrogen-bond donors (Lipinski definition) is 6. The zero-order valence-electron chi connectivity index (χ0n) is 46.7. The van der Waals surface area contributed by atoms with Crippen molar-refractivity contribution >= 4 is 11.9 Å². The van der Waals surface area contributed by atoms with Crippen molar-refractivity contribution in [3.8, 4) is 0 Å². The first kappa shape index (κ1) is 68.4. The van der Waals surface area contributed by atoms with Gasteiger partial charge in [-0.15, -0.1) is 0 Å². The molecular formula is C62H111NO10. The molecule has 424 valence electrons. The maximum atomic E-state index is 13.4. The molecule has 0 aromatic carbocycles. The molecule has 73 heavy (non-hydrogen) atoms. The van der Waals surface area contributed by atoms with E-state index in [4.69, 9.17) is 14.2 Å². The smallest absolute Gasteiger partial charge is 0.306 e. The number of carbonyl (C=O) groups is 2. The number of aliphatic hydroxyl groups is 5. The number of esters is 1. The van der Waals surface area contributed by atoms with E-state index in [1.165, 1.54) is 103 Å². The maximum Gasteiger partial charge on any atom is 0.306 e. The molecule has 1 fully saturated rings. The summed E-state index contributed by atoms with van der Waals surface area (Å²) in [5, 5.41) is 56.9. The molecule has 8 unspecified atom stereocenters. The second-order valence-electron chi connectivity index (χ2n) is 20.8. The Kier molecular flexibility index (Phi) is 47.0. The first-order chi connectivity index (χ1) is 35.7. The lowest BCUT2D eigenvalue weighted by Crippen LogP contribution is -2.61. The van der Waals surface area contributed by atoms with Crippen LogP contribution in [0.1, 0.15) is 258 Å². The molecule has 11 nitrogen and oxygen atoms in total. The average molecular weight is 1030 g/mol. The lowest BCUT2D eigenvalue weighted by Gasteiger charge is -2.41. The molecule has 8 atom stereocenters. The fourth-order valence-corrected chi connectivity index (χ4v) is 9.08. The highest BCUT2D eigenvalue weighted by atomic mass is 16.7. The van der Waals surface area contributed by atoms with Gasteiger partial charge in [-0.05, 0) is 83.5 Å². The minimum Gasteiger partial charge on any atom is -0.454 e. The van der Waals surface area contributed by atoms with Gasteiger partial charge < -0.3 is 45.1 Å². The third-order valence-electron chi connectivity index (χ3n) is 13.9. The minimum absolute atomic E-state index is 0.108. The SMILES string of the molecule is CCCCC/C=C\C/C=C\CCCCCCCCC(O)C(=O)NC(COC1OC(CO)C(O)C(O)C1OC(=O)CCCCCCCC/C=C/C=C/CCCCC)C(O)/C=C/CCCCCCCCCCCCC. The van der Waals surface area contributed by atoms with E-state index >= 15 is 0 Å². The first-order valence-electron chi connectivity index (χ1n) is 30.1. The Bertz CT molecular complexity index is 1420. The Labute approximate surface area is 446 Å². The fraction of sp³-hybridized carbons (Fsp3) is 0.806. The van der Waals surface area contributed by atoms with E-state index in [0.29, 0.717) is 12.8 Å². The molecule has 0 saturated carbocycles. The van der Waals surface area contributed by atoms with Crippen LogP contribution >= 0.6 is 0 Å². The van der Waals surface area contributed by atoms with Gasteiger partial charge in [-0.1, -0.05) is 229 Å². The van der Waals surface area contributed by atoms with Crippen LogP contribution in [0.3, 0.4) is 0 Å². The Hall–Kier alpha value is -2.64. The summed E-state index contributed by atoms with van der Waals surface area (Å²) in [5.74, 6) is -1.21. The molecule has 1 rings (SSSR count). The lowest BCUT2D eigenvalue weighted by atomic mass is 9.99.